The van der Waals surface area contributed by atoms with E-state index in [0.717, 1.165) is 37.9 Å². The van der Waals surface area contributed by atoms with Crippen molar-refractivity contribution in [1.82, 2.24) is 19.7 Å². The molecule has 0 radical (unpaired) electrons. The van der Waals surface area contributed by atoms with E-state index >= 15 is 0 Å². The number of nitrogen functional groups attached to an aromatic ring is 1. The molecule has 0 saturated carbocycles. The molecular formula is C15H12BrN5. The van der Waals surface area contributed by atoms with Crippen LogP contribution in [0.1, 0.15) is 0 Å². The Morgan fingerprint density at radius 1 is 1.24 bits per heavy atom. The van der Waals surface area contributed by atoms with Gasteiger partial charge in [0.25, 0.3) is 0 Å². The number of nitrogens with zero attached hydrogens (tertiary/aromatic N) is 3. The molecular weight excluding hydrogens is 330 g/mol. The summed E-state index contributed by atoms with van der Waals surface area (Å²) in [6.45, 7) is 0. The molecule has 6 heteroatoms. The summed E-state index contributed by atoms with van der Waals surface area (Å²) in [6.07, 6.45) is 0. The quantitative estimate of drug-likeness (QED) is 0.520. The summed E-state index contributed by atoms with van der Waals surface area (Å²) in [4.78, 5) is 7.91. The van der Waals surface area contributed by atoms with Gasteiger partial charge in [0.2, 0.25) is 0 Å². The Kier molecular flexibility index (Phi) is 2.56. The van der Waals surface area contributed by atoms with Crippen molar-refractivity contribution in [3.05, 3.63) is 40.9 Å². The number of nitrogens with two attached hydrogens (primary N) is 1. The van der Waals surface area contributed by atoms with E-state index in [9.17, 15) is 0 Å². The van der Waals surface area contributed by atoms with Gasteiger partial charge in [-0.05, 0) is 18.2 Å². The maximum absolute atomic E-state index is 6.03. The van der Waals surface area contributed by atoms with Crippen molar-refractivity contribution in [3.63, 3.8) is 0 Å². The number of anilines is 1. The first-order chi connectivity index (χ1) is 10.1. The average Bonchev–Trinajstić information content (AvgIpc) is 3.01. The summed E-state index contributed by atoms with van der Waals surface area (Å²) in [5, 5.41) is 5.64. The lowest BCUT2D eigenvalue weighted by Gasteiger charge is -1.94. The molecule has 0 saturated heterocycles. The number of nitrogens with one attached hydrogen (secondary N) is 1. The molecule has 0 spiro atoms. The molecule has 0 unspecified atom stereocenters. The van der Waals surface area contributed by atoms with Gasteiger partial charge < -0.3 is 10.7 Å². The van der Waals surface area contributed by atoms with E-state index < -0.39 is 0 Å². The summed E-state index contributed by atoms with van der Waals surface area (Å²) in [5.41, 5.74) is 10.2. The lowest BCUT2D eigenvalue weighted by atomic mass is 10.2. The third-order valence-electron chi connectivity index (χ3n) is 3.56. The molecule has 3 N–H and O–H groups in total. The van der Waals surface area contributed by atoms with Crippen LogP contribution in [0.2, 0.25) is 0 Å². The lowest BCUT2D eigenvalue weighted by molar-refractivity contribution is 0.798. The molecule has 0 bridgehead atoms. The van der Waals surface area contributed by atoms with Gasteiger partial charge in [-0.1, -0.05) is 34.1 Å². The van der Waals surface area contributed by atoms with E-state index in [4.69, 9.17) is 5.73 Å². The van der Waals surface area contributed by atoms with E-state index in [1.807, 2.05) is 48.1 Å². The van der Waals surface area contributed by atoms with Crippen LogP contribution in [0.15, 0.2) is 40.9 Å². The van der Waals surface area contributed by atoms with Crippen molar-refractivity contribution < 1.29 is 0 Å². The fourth-order valence-electron chi connectivity index (χ4n) is 2.61. The van der Waals surface area contributed by atoms with Crippen LogP contribution in [-0.4, -0.2) is 19.7 Å². The minimum absolute atomic E-state index is 0.641. The minimum Gasteiger partial charge on any atom is -0.397 e. The Hall–Kier alpha value is -2.34. The SMILES string of the molecule is Cn1nc(-c2nc3c(N)cc(Br)cc3[nH]2)c2ccccc21. The molecule has 4 aromatic rings. The third-order valence-corrected chi connectivity index (χ3v) is 4.02. The van der Waals surface area contributed by atoms with Crippen LogP contribution in [0, 0.1) is 0 Å². The second-order valence-electron chi connectivity index (χ2n) is 4.97. The first kappa shape index (κ1) is 12.4. The van der Waals surface area contributed by atoms with Crippen molar-refractivity contribution >= 4 is 43.6 Å². The van der Waals surface area contributed by atoms with Crippen LogP contribution in [0.5, 0.6) is 0 Å². The van der Waals surface area contributed by atoms with Crippen LogP contribution in [0.25, 0.3) is 33.5 Å². The molecule has 5 nitrogen and oxygen atoms in total. The summed E-state index contributed by atoms with van der Waals surface area (Å²) >= 11 is 3.45. The first-order valence-corrected chi connectivity index (χ1v) is 7.29. The molecule has 4 rings (SSSR count). The Balaban J connectivity index is 2.03. The molecule has 0 amide bonds. The second-order valence-corrected chi connectivity index (χ2v) is 5.88. The van der Waals surface area contributed by atoms with Crippen molar-refractivity contribution in [3.8, 4) is 11.5 Å². The minimum atomic E-state index is 0.641. The van der Waals surface area contributed by atoms with E-state index in [2.05, 4.69) is 31.0 Å². The molecule has 2 aromatic heterocycles. The summed E-state index contributed by atoms with van der Waals surface area (Å²) < 4.78 is 2.78. The number of aryl methyl sites for hydroxylation is 1. The number of hydrogen-bond donors (Lipinski definition) is 2. The number of imidazole rings is 1. The fourth-order valence-corrected chi connectivity index (χ4v) is 3.08. The van der Waals surface area contributed by atoms with Gasteiger partial charge in [0.1, 0.15) is 11.2 Å². The standard InChI is InChI=1S/C15H12BrN5/c1-21-12-5-3-2-4-9(12)13(20-21)15-18-11-7-8(16)6-10(17)14(11)19-15/h2-7H,17H2,1H3,(H,18,19). The molecule has 21 heavy (non-hydrogen) atoms. The van der Waals surface area contributed by atoms with Gasteiger partial charge in [0, 0.05) is 16.9 Å². The van der Waals surface area contributed by atoms with Gasteiger partial charge >= 0.3 is 0 Å². The first-order valence-electron chi connectivity index (χ1n) is 6.50. The maximum atomic E-state index is 6.03. The van der Waals surface area contributed by atoms with E-state index in [1.54, 1.807) is 0 Å². The zero-order valence-electron chi connectivity index (χ0n) is 11.3. The van der Waals surface area contributed by atoms with Gasteiger partial charge in [-0.3, -0.25) is 4.68 Å². The molecule has 0 fully saturated rings. The van der Waals surface area contributed by atoms with Crippen molar-refractivity contribution in [2.45, 2.75) is 0 Å². The Morgan fingerprint density at radius 3 is 2.90 bits per heavy atom. The van der Waals surface area contributed by atoms with Crippen molar-refractivity contribution in [2.24, 2.45) is 7.05 Å². The van der Waals surface area contributed by atoms with Gasteiger partial charge in [0.15, 0.2) is 5.82 Å². The highest BCUT2D eigenvalue weighted by Gasteiger charge is 2.15. The van der Waals surface area contributed by atoms with Crippen LogP contribution in [0.3, 0.4) is 0 Å². The molecule has 0 atom stereocenters. The number of para-hydroxylation sites is 1. The van der Waals surface area contributed by atoms with Gasteiger partial charge in [-0.25, -0.2) is 4.98 Å². The summed E-state index contributed by atoms with van der Waals surface area (Å²) in [7, 11) is 1.93. The van der Waals surface area contributed by atoms with Crippen LogP contribution in [-0.2, 0) is 7.05 Å². The van der Waals surface area contributed by atoms with Crippen LogP contribution < -0.4 is 5.73 Å². The molecule has 0 aliphatic heterocycles. The van der Waals surface area contributed by atoms with Crippen LogP contribution >= 0.6 is 15.9 Å². The largest absolute Gasteiger partial charge is 0.397 e. The van der Waals surface area contributed by atoms with Gasteiger partial charge in [0.05, 0.1) is 16.7 Å². The zero-order chi connectivity index (χ0) is 14.6. The number of benzene rings is 2. The number of rotatable bonds is 1. The molecule has 2 heterocycles. The summed E-state index contributed by atoms with van der Waals surface area (Å²) in [5.74, 6) is 0.728. The topological polar surface area (TPSA) is 72.5 Å². The highest BCUT2D eigenvalue weighted by Crippen LogP contribution is 2.30. The average molecular weight is 342 g/mol. The third kappa shape index (κ3) is 1.83. The van der Waals surface area contributed by atoms with E-state index in [0.29, 0.717) is 5.69 Å². The van der Waals surface area contributed by atoms with Crippen molar-refractivity contribution in [2.75, 3.05) is 5.73 Å². The molecule has 2 aromatic carbocycles. The Labute approximate surface area is 128 Å². The number of halogens is 1. The summed E-state index contributed by atoms with van der Waals surface area (Å²) in [6, 6.07) is 11.9. The predicted molar refractivity (Wildman–Crippen MR) is 87.9 cm³/mol. The fraction of sp³-hybridized carbons (Fsp3) is 0.0667. The number of aromatic nitrogens is 4. The van der Waals surface area contributed by atoms with Crippen LogP contribution in [0.4, 0.5) is 5.69 Å². The molecule has 104 valence electrons. The number of fused-ring (bicyclic) bond motifs is 2. The van der Waals surface area contributed by atoms with Crippen molar-refractivity contribution in [1.29, 1.82) is 0 Å². The highest BCUT2D eigenvalue weighted by molar-refractivity contribution is 9.10. The van der Waals surface area contributed by atoms with Gasteiger partial charge in [-0.2, -0.15) is 5.10 Å². The maximum Gasteiger partial charge on any atom is 0.159 e. The van der Waals surface area contributed by atoms with E-state index in [-0.39, 0.29) is 0 Å². The monoisotopic (exact) mass is 341 g/mol. The van der Waals surface area contributed by atoms with Gasteiger partial charge in [-0.15, -0.1) is 0 Å². The second kappa shape index (κ2) is 4.33. The number of hydrogen-bond acceptors (Lipinski definition) is 3. The molecule has 0 aliphatic rings. The predicted octanol–water partition coefficient (Wildman–Crippen LogP) is 3.46. The molecule has 0 aliphatic carbocycles. The Morgan fingerprint density at radius 2 is 2.05 bits per heavy atom. The number of H-pyrrole nitrogens is 1. The lowest BCUT2D eigenvalue weighted by Crippen LogP contribution is -1.90. The highest BCUT2D eigenvalue weighted by atomic mass is 79.9. The van der Waals surface area contributed by atoms with E-state index in [1.165, 1.54) is 0 Å². The Bertz CT molecular complexity index is 982. The number of aromatic amines is 1. The zero-order valence-corrected chi connectivity index (χ0v) is 12.8. The smallest absolute Gasteiger partial charge is 0.159 e. The normalized spacial score (nSPS) is 11.5.